The van der Waals surface area contributed by atoms with Gasteiger partial charge in [0, 0.05) is 28.9 Å². The Kier molecular flexibility index (Phi) is 5.24. The number of para-hydroxylation sites is 1. The highest BCUT2D eigenvalue weighted by Gasteiger charge is 2.20. The van der Waals surface area contributed by atoms with Gasteiger partial charge in [-0.05, 0) is 42.5 Å². The SMILES string of the molecule is O=C1COc2ccc(C(=O)COC(=O)c3cc(-c4cccnc4)nc4ccccc34)cc2N1. The molecule has 4 aromatic rings. The van der Waals surface area contributed by atoms with Crippen LogP contribution in [0.3, 0.4) is 0 Å². The minimum Gasteiger partial charge on any atom is -0.482 e. The van der Waals surface area contributed by atoms with E-state index in [1.165, 1.54) is 6.07 Å². The zero-order valence-corrected chi connectivity index (χ0v) is 17.3. The first-order valence-corrected chi connectivity index (χ1v) is 10.2. The van der Waals surface area contributed by atoms with Crippen molar-refractivity contribution in [2.75, 3.05) is 18.5 Å². The molecule has 0 aliphatic carbocycles. The van der Waals surface area contributed by atoms with Crippen LogP contribution in [0.4, 0.5) is 5.69 Å². The second kappa shape index (κ2) is 8.51. The number of fused-ring (bicyclic) bond motifs is 2. The number of ketones is 1. The van der Waals surface area contributed by atoms with E-state index in [-0.39, 0.29) is 12.5 Å². The molecule has 0 radical (unpaired) electrons. The average Bonchev–Trinajstić information content (AvgIpc) is 2.86. The number of aromatic nitrogens is 2. The molecule has 162 valence electrons. The minimum atomic E-state index is -0.637. The lowest BCUT2D eigenvalue weighted by molar-refractivity contribution is -0.118. The number of anilines is 1. The third-order valence-electron chi connectivity index (χ3n) is 5.16. The monoisotopic (exact) mass is 439 g/mol. The van der Waals surface area contributed by atoms with Gasteiger partial charge in [0.05, 0.1) is 22.5 Å². The Bertz CT molecular complexity index is 1400. The number of hydrogen-bond donors (Lipinski definition) is 1. The van der Waals surface area contributed by atoms with Crippen LogP contribution in [0, 0.1) is 0 Å². The first-order chi connectivity index (χ1) is 16.1. The van der Waals surface area contributed by atoms with Crippen molar-refractivity contribution in [1.29, 1.82) is 0 Å². The summed E-state index contributed by atoms with van der Waals surface area (Å²) in [6.45, 7) is -0.524. The van der Waals surface area contributed by atoms with Gasteiger partial charge in [0.1, 0.15) is 5.75 Å². The number of nitrogens with one attached hydrogen (secondary N) is 1. The zero-order chi connectivity index (χ0) is 22.8. The number of esters is 1. The molecule has 2 aromatic carbocycles. The summed E-state index contributed by atoms with van der Waals surface area (Å²) >= 11 is 0. The number of benzene rings is 2. The Morgan fingerprint density at radius 3 is 2.79 bits per heavy atom. The molecule has 0 bridgehead atoms. The van der Waals surface area contributed by atoms with Crippen molar-refractivity contribution in [3.05, 3.63) is 84.2 Å². The Morgan fingerprint density at radius 2 is 1.94 bits per heavy atom. The molecule has 1 amide bonds. The molecule has 0 saturated carbocycles. The van der Waals surface area contributed by atoms with Crippen molar-refractivity contribution < 1.29 is 23.9 Å². The number of Topliss-reactive ketones (excluding diaryl/α,β-unsaturated/α-hetero) is 1. The number of ether oxygens (including phenoxy) is 2. The molecule has 33 heavy (non-hydrogen) atoms. The molecule has 0 saturated heterocycles. The molecule has 5 rings (SSSR count). The number of rotatable bonds is 5. The molecule has 0 spiro atoms. The van der Waals surface area contributed by atoms with Crippen LogP contribution in [0.5, 0.6) is 5.75 Å². The van der Waals surface area contributed by atoms with Crippen molar-refractivity contribution in [2.45, 2.75) is 0 Å². The Labute approximate surface area is 188 Å². The van der Waals surface area contributed by atoms with Crippen LogP contribution in [0.1, 0.15) is 20.7 Å². The number of carbonyl (C=O) groups excluding carboxylic acids is 3. The van der Waals surface area contributed by atoms with Crippen LogP contribution < -0.4 is 10.1 Å². The van der Waals surface area contributed by atoms with E-state index in [1.54, 1.807) is 54.9 Å². The van der Waals surface area contributed by atoms with E-state index in [0.717, 1.165) is 5.56 Å². The summed E-state index contributed by atoms with van der Waals surface area (Å²) in [5, 5.41) is 3.27. The van der Waals surface area contributed by atoms with Crippen LogP contribution in [-0.2, 0) is 9.53 Å². The third kappa shape index (κ3) is 4.14. The summed E-state index contributed by atoms with van der Waals surface area (Å²) in [6.07, 6.45) is 3.32. The fourth-order valence-corrected chi connectivity index (χ4v) is 3.56. The van der Waals surface area contributed by atoms with Crippen molar-refractivity contribution in [3.8, 4) is 17.0 Å². The van der Waals surface area contributed by atoms with Crippen molar-refractivity contribution in [2.24, 2.45) is 0 Å². The molecule has 0 atom stereocenters. The van der Waals surface area contributed by atoms with Gasteiger partial charge in [0.25, 0.3) is 5.91 Å². The van der Waals surface area contributed by atoms with E-state index in [4.69, 9.17) is 9.47 Å². The van der Waals surface area contributed by atoms with Crippen molar-refractivity contribution in [3.63, 3.8) is 0 Å². The van der Waals surface area contributed by atoms with Crippen molar-refractivity contribution >= 4 is 34.3 Å². The van der Waals surface area contributed by atoms with Gasteiger partial charge in [-0.1, -0.05) is 18.2 Å². The molecule has 1 aliphatic rings. The minimum absolute atomic E-state index is 0.0706. The molecule has 0 fully saturated rings. The summed E-state index contributed by atoms with van der Waals surface area (Å²) in [7, 11) is 0. The van der Waals surface area contributed by atoms with E-state index < -0.39 is 18.4 Å². The van der Waals surface area contributed by atoms with E-state index in [2.05, 4.69) is 15.3 Å². The smallest absolute Gasteiger partial charge is 0.339 e. The molecule has 1 N–H and O–H groups in total. The largest absolute Gasteiger partial charge is 0.482 e. The summed E-state index contributed by atoms with van der Waals surface area (Å²) in [5.74, 6) is -0.861. The lowest BCUT2D eigenvalue weighted by Gasteiger charge is -2.18. The summed E-state index contributed by atoms with van der Waals surface area (Å²) in [5.41, 5.74) is 2.96. The van der Waals surface area contributed by atoms with Crippen LogP contribution in [-0.4, -0.2) is 40.8 Å². The van der Waals surface area contributed by atoms with Gasteiger partial charge >= 0.3 is 5.97 Å². The molecule has 8 heteroatoms. The van der Waals surface area contributed by atoms with Gasteiger partial charge in [-0.3, -0.25) is 14.6 Å². The summed E-state index contributed by atoms with van der Waals surface area (Å²) in [4.78, 5) is 45.8. The fraction of sp³-hybridized carbons (Fsp3) is 0.0800. The number of pyridine rings is 2. The van der Waals surface area contributed by atoms with Crippen molar-refractivity contribution in [1.82, 2.24) is 9.97 Å². The van der Waals surface area contributed by atoms with Gasteiger partial charge in [0.15, 0.2) is 19.0 Å². The van der Waals surface area contributed by atoms with Gasteiger partial charge in [0.2, 0.25) is 0 Å². The zero-order valence-electron chi connectivity index (χ0n) is 17.3. The van der Waals surface area contributed by atoms with Gasteiger partial charge in [-0.25, -0.2) is 9.78 Å². The van der Waals surface area contributed by atoms with Crippen LogP contribution in [0.25, 0.3) is 22.2 Å². The fourth-order valence-electron chi connectivity index (χ4n) is 3.56. The van der Waals surface area contributed by atoms with E-state index in [0.29, 0.717) is 39.2 Å². The maximum Gasteiger partial charge on any atom is 0.339 e. The predicted molar refractivity (Wildman–Crippen MR) is 120 cm³/mol. The van der Waals surface area contributed by atoms with Gasteiger partial charge in [-0.2, -0.15) is 0 Å². The molecule has 1 aliphatic heterocycles. The highest BCUT2D eigenvalue weighted by atomic mass is 16.5. The number of hydrogen-bond acceptors (Lipinski definition) is 7. The Hall–Kier alpha value is -4.59. The predicted octanol–water partition coefficient (Wildman–Crippen LogP) is 3.67. The maximum atomic E-state index is 13.0. The highest BCUT2D eigenvalue weighted by molar-refractivity contribution is 6.06. The molecule has 2 aromatic heterocycles. The molecular formula is C25H17N3O5. The first-order valence-electron chi connectivity index (χ1n) is 10.2. The van der Waals surface area contributed by atoms with Crippen LogP contribution in [0.2, 0.25) is 0 Å². The second-order valence-electron chi connectivity index (χ2n) is 7.36. The summed E-state index contributed by atoms with van der Waals surface area (Å²) in [6, 6.07) is 17.2. The van der Waals surface area contributed by atoms with Gasteiger partial charge < -0.3 is 14.8 Å². The highest BCUT2D eigenvalue weighted by Crippen LogP contribution is 2.29. The summed E-state index contributed by atoms with van der Waals surface area (Å²) < 4.78 is 10.7. The first kappa shape index (κ1) is 20.3. The lowest BCUT2D eigenvalue weighted by Crippen LogP contribution is -2.25. The maximum absolute atomic E-state index is 13.0. The molecule has 0 unspecified atom stereocenters. The normalized spacial score (nSPS) is 12.4. The number of amides is 1. The van der Waals surface area contributed by atoms with Crippen LogP contribution in [0.15, 0.2) is 73.1 Å². The Morgan fingerprint density at radius 1 is 1.06 bits per heavy atom. The molecule has 8 nitrogen and oxygen atoms in total. The van der Waals surface area contributed by atoms with Gasteiger partial charge in [-0.15, -0.1) is 0 Å². The van der Waals surface area contributed by atoms with Crippen LogP contribution >= 0.6 is 0 Å². The molecule has 3 heterocycles. The second-order valence-corrected chi connectivity index (χ2v) is 7.36. The number of nitrogens with zero attached hydrogens (tertiary/aromatic N) is 2. The quantitative estimate of drug-likeness (QED) is 0.373. The molecular weight excluding hydrogens is 422 g/mol. The van der Waals surface area contributed by atoms with E-state index >= 15 is 0 Å². The van der Waals surface area contributed by atoms with E-state index in [1.807, 2.05) is 12.1 Å². The topological polar surface area (TPSA) is 107 Å². The third-order valence-corrected chi connectivity index (χ3v) is 5.16. The Balaban J connectivity index is 1.39. The lowest BCUT2D eigenvalue weighted by atomic mass is 10.0. The average molecular weight is 439 g/mol. The van der Waals surface area contributed by atoms with E-state index in [9.17, 15) is 14.4 Å². The standard InChI is InChI=1S/C25H17N3O5/c29-22(15-7-8-23-21(10-15)28-24(30)14-32-23)13-33-25(31)18-11-20(16-4-3-9-26-12-16)27-19-6-2-1-5-17(18)19/h1-12H,13-14H2,(H,28,30). The number of carbonyl (C=O) groups is 3.